The Balaban J connectivity index is 2.22. The van der Waals surface area contributed by atoms with Crippen LogP contribution in [-0.2, 0) is 0 Å². The minimum Gasteiger partial charge on any atom is -0.388 e. The monoisotopic (exact) mass is 296 g/mol. The van der Waals surface area contributed by atoms with Gasteiger partial charge in [-0.2, -0.15) is 11.8 Å². The van der Waals surface area contributed by atoms with Crippen molar-refractivity contribution in [3.63, 3.8) is 0 Å². The van der Waals surface area contributed by atoms with Gasteiger partial charge in [-0.1, -0.05) is 30.3 Å². The van der Waals surface area contributed by atoms with Crippen molar-refractivity contribution in [1.29, 1.82) is 0 Å². The molecule has 0 saturated heterocycles. The lowest BCUT2D eigenvalue weighted by atomic mass is 10.1. The summed E-state index contributed by atoms with van der Waals surface area (Å²) in [7, 11) is 0. The first-order valence-electron chi connectivity index (χ1n) is 6.74. The molecule has 3 N–H and O–H groups in total. The summed E-state index contributed by atoms with van der Waals surface area (Å²) in [6.07, 6.45) is 1.98. The van der Waals surface area contributed by atoms with Crippen LogP contribution < -0.4 is 10.6 Å². The van der Waals surface area contributed by atoms with Gasteiger partial charge in [-0.05, 0) is 32.1 Å². The lowest BCUT2D eigenvalue weighted by Crippen LogP contribution is -2.42. The van der Waals surface area contributed by atoms with Crippen molar-refractivity contribution in [2.75, 3.05) is 19.3 Å². The van der Waals surface area contributed by atoms with Crippen LogP contribution >= 0.6 is 11.8 Å². The molecule has 0 saturated carbocycles. The van der Waals surface area contributed by atoms with Crippen LogP contribution in [0.15, 0.2) is 30.3 Å². The first-order valence-corrected chi connectivity index (χ1v) is 7.97. The molecule has 0 aliphatic heterocycles. The van der Waals surface area contributed by atoms with Gasteiger partial charge in [0.2, 0.25) is 0 Å². The van der Waals surface area contributed by atoms with Crippen LogP contribution in [-0.4, -0.2) is 35.2 Å². The fourth-order valence-corrected chi connectivity index (χ4v) is 1.81. The Labute approximate surface area is 125 Å². The highest BCUT2D eigenvalue weighted by atomic mass is 32.2. The number of amides is 2. The van der Waals surface area contributed by atoms with E-state index in [1.165, 1.54) is 0 Å². The molecule has 1 atom stereocenters. The molecule has 5 heteroatoms. The number of urea groups is 1. The Morgan fingerprint density at radius 1 is 1.30 bits per heavy atom. The highest BCUT2D eigenvalue weighted by molar-refractivity contribution is 7.99. The number of hydrogen-bond donors (Lipinski definition) is 3. The predicted octanol–water partition coefficient (Wildman–Crippen LogP) is 2.55. The minimum atomic E-state index is -0.542. The van der Waals surface area contributed by atoms with Crippen LogP contribution in [0.4, 0.5) is 4.79 Å². The second-order valence-electron chi connectivity index (χ2n) is 5.29. The summed E-state index contributed by atoms with van der Waals surface area (Å²) >= 11 is 1.71. The van der Waals surface area contributed by atoms with Crippen LogP contribution in [0.1, 0.15) is 31.9 Å². The molecule has 0 fully saturated rings. The lowest BCUT2D eigenvalue weighted by Gasteiger charge is -2.22. The molecule has 112 valence electrons. The third kappa shape index (κ3) is 6.30. The summed E-state index contributed by atoms with van der Waals surface area (Å²) in [5.74, 6) is 0. The van der Waals surface area contributed by atoms with Gasteiger partial charge in [0.05, 0.1) is 6.10 Å². The van der Waals surface area contributed by atoms with Crippen molar-refractivity contribution in [1.82, 2.24) is 10.6 Å². The van der Waals surface area contributed by atoms with Crippen LogP contribution in [0.2, 0.25) is 0 Å². The van der Waals surface area contributed by atoms with Crippen molar-refractivity contribution in [2.24, 2.45) is 0 Å². The van der Waals surface area contributed by atoms with Gasteiger partial charge >= 0.3 is 6.03 Å². The fourth-order valence-electron chi connectivity index (χ4n) is 1.59. The molecule has 1 rings (SSSR count). The molecule has 2 amide bonds. The van der Waals surface area contributed by atoms with Crippen molar-refractivity contribution in [2.45, 2.75) is 31.1 Å². The molecular formula is C15H24N2O2S. The van der Waals surface area contributed by atoms with E-state index in [-0.39, 0.29) is 10.8 Å². The zero-order valence-corrected chi connectivity index (χ0v) is 13.2. The fraction of sp³-hybridized carbons (Fsp3) is 0.533. The molecule has 0 aromatic heterocycles. The van der Waals surface area contributed by atoms with Crippen molar-refractivity contribution in [3.8, 4) is 0 Å². The minimum absolute atomic E-state index is 0.0287. The van der Waals surface area contributed by atoms with E-state index in [9.17, 15) is 9.90 Å². The lowest BCUT2D eigenvalue weighted by molar-refractivity contribution is 0.167. The zero-order valence-electron chi connectivity index (χ0n) is 12.3. The van der Waals surface area contributed by atoms with Gasteiger partial charge in [0.1, 0.15) is 0 Å². The summed E-state index contributed by atoms with van der Waals surface area (Å²) in [6, 6.07) is 9.27. The summed E-state index contributed by atoms with van der Waals surface area (Å²) in [5.41, 5.74) is 0.873. The molecule has 1 unspecified atom stereocenters. The van der Waals surface area contributed by atoms with Gasteiger partial charge < -0.3 is 15.7 Å². The highest BCUT2D eigenvalue weighted by Crippen LogP contribution is 2.19. The Bertz CT molecular complexity index is 410. The van der Waals surface area contributed by atoms with Crippen LogP contribution in [0.5, 0.6) is 0 Å². The van der Waals surface area contributed by atoms with Gasteiger partial charge in [0.25, 0.3) is 0 Å². The van der Waals surface area contributed by atoms with E-state index >= 15 is 0 Å². The number of aliphatic hydroxyl groups is 1. The average Bonchev–Trinajstić information content (AvgIpc) is 2.46. The maximum atomic E-state index is 11.6. The molecule has 0 radical (unpaired) electrons. The largest absolute Gasteiger partial charge is 0.388 e. The second kappa shape index (κ2) is 8.17. The number of nitrogens with one attached hydrogen (secondary N) is 2. The average molecular weight is 296 g/mol. The Morgan fingerprint density at radius 3 is 2.55 bits per heavy atom. The molecule has 0 aliphatic rings. The summed E-state index contributed by atoms with van der Waals surface area (Å²) in [6.45, 7) is 5.22. The van der Waals surface area contributed by atoms with Gasteiger partial charge in [-0.25, -0.2) is 4.79 Å². The maximum Gasteiger partial charge on any atom is 0.314 e. The standard InChI is InChI=1S/C15H24N2O2S/c1-15(2,20-3)11-17-14(19)16-10-9-13(18)12-7-5-4-6-8-12/h4-8,13,18H,9-11H2,1-3H3,(H2,16,17,19). The first kappa shape index (κ1) is 16.9. The van der Waals surface area contributed by atoms with E-state index < -0.39 is 6.10 Å². The summed E-state index contributed by atoms with van der Waals surface area (Å²) < 4.78 is 0.0287. The number of thioether (sulfide) groups is 1. The first-order chi connectivity index (χ1) is 9.44. The molecule has 0 bridgehead atoms. The zero-order chi connectivity index (χ0) is 15.0. The smallest absolute Gasteiger partial charge is 0.314 e. The van der Waals surface area contributed by atoms with Crippen molar-refractivity contribution >= 4 is 17.8 Å². The molecular weight excluding hydrogens is 272 g/mol. The number of rotatable bonds is 7. The van der Waals surface area contributed by atoms with Crippen molar-refractivity contribution in [3.05, 3.63) is 35.9 Å². The number of benzene rings is 1. The number of hydrogen-bond acceptors (Lipinski definition) is 3. The molecule has 0 heterocycles. The number of carbonyl (C=O) groups is 1. The van der Waals surface area contributed by atoms with Crippen LogP contribution in [0, 0.1) is 0 Å². The third-order valence-corrected chi connectivity index (χ3v) is 4.36. The van der Waals surface area contributed by atoms with Gasteiger partial charge in [-0.3, -0.25) is 0 Å². The summed E-state index contributed by atoms with van der Waals surface area (Å²) in [5, 5.41) is 15.6. The van der Waals surface area contributed by atoms with E-state index in [4.69, 9.17) is 0 Å². The molecule has 4 nitrogen and oxygen atoms in total. The molecule has 1 aromatic rings. The topological polar surface area (TPSA) is 61.4 Å². The van der Waals surface area contributed by atoms with E-state index in [2.05, 4.69) is 24.5 Å². The molecule has 0 aliphatic carbocycles. The van der Waals surface area contributed by atoms with Crippen LogP contribution in [0.3, 0.4) is 0 Å². The van der Waals surface area contributed by atoms with Crippen LogP contribution in [0.25, 0.3) is 0 Å². The number of carbonyl (C=O) groups excluding carboxylic acids is 1. The van der Waals surface area contributed by atoms with E-state index in [1.54, 1.807) is 11.8 Å². The number of aliphatic hydroxyl groups excluding tert-OH is 1. The summed E-state index contributed by atoms with van der Waals surface area (Å²) in [4.78, 5) is 11.6. The molecule has 0 spiro atoms. The predicted molar refractivity (Wildman–Crippen MR) is 85.0 cm³/mol. The third-order valence-electron chi connectivity index (χ3n) is 3.11. The van der Waals surface area contributed by atoms with Crippen molar-refractivity contribution < 1.29 is 9.90 Å². The molecule has 1 aromatic carbocycles. The molecule has 20 heavy (non-hydrogen) atoms. The van der Waals surface area contributed by atoms with Gasteiger partial charge in [-0.15, -0.1) is 0 Å². The van der Waals surface area contributed by atoms with E-state index in [1.807, 2.05) is 36.6 Å². The van der Waals surface area contributed by atoms with E-state index in [0.717, 1.165) is 5.56 Å². The SMILES string of the molecule is CSC(C)(C)CNC(=O)NCCC(O)c1ccccc1. The Kier molecular flexibility index (Phi) is 6.88. The quantitative estimate of drug-likeness (QED) is 0.724. The Hall–Kier alpha value is -1.20. The maximum absolute atomic E-state index is 11.6. The van der Waals surface area contributed by atoms with Gasteiger partial charge in [0, 0.05) is 17.8 Å². The normalized spacial score (nSPS) is 12.8. The Morgan fingerprint density at radius 2 is 1.95 bits per heavy atom. The second-order valence-corrected chi connectivity index (χ2v) is 6.80. The van der Waals surface area contributed by atoms with Gasteiger partial charge in [0.15, 0.2) is 0 Å². The highest BCUT2D eigenvalue weighted by Gasteiger charge is 2.16. The van der Waals surface area contributed by atoms with E-state index in [0.29, 0.717) is 19.5 Å².